The van der Waals surface area contributed by atoms with E-state index in [9.17, 15) is 4.79 Å². The number of nitrogens with one attached hydrogen (secondary N) is 1. The van der Waals surface area contributed by atoms with Crippen LogP contribution < -0.4 is 11.1 Å². The maximum absolute atomic E-state index is 11.8. The molecule has 0 atom stereocenters. The van der Waals surface area contributed by atoms with Gasteiger partial charge < -0.3 is 15.8 Å². The average molecular weight is 285 g/mol. The van der Waals surface area contributed by atoms with Crippen LogP contribution >= 0.6 is 0 Å². The third-order valence-electron chi connectivity index (χ3n) is 3.30. The van der Waals surface area contributed by atoms with Gasteiger partial charge in [-0.2, -0.15) is 0 Å². The summed E-state index contributed by atoms with van der Waals surface area (Å²) in [5, 5.41) is 3.20. The number of rotatable bonds is 4. The fourth-order valence-electron chi connectivity index (χ4n) is 1.94. The van der Waals surface area contributed by atoms with Gasteiger partial charge in [-0.25, -0.2) is 9.78 Å². The van der Waals surface area contributed by atoms with E-state index in [1.54, 1.807) is 13.0 Å². The highest BCUT2D eigenvalue weighted by atomic mass is 16.5. The number of aromatic nitrogens is 1. The minimum atomic E-state index is -0.443. The highest BCUT2D eigenvalue weighted by Crippen LogP contribution is 2.23. The summed E-state index contributed by atoms with van der Waals surface area (Å²) < 4.78 is 4.98. The first-order valence-electron chi connectivity index (χ1n) is 6.78. The lowest BCUT2D eigenvalue weighted by atomic mass is 10.1. The van der Waals surface area contributed by atoms with Gasteiger partial charge in [0.05, 0.1) is 24.1 Å². The number of ether oxygens (including phenoxy) is 1. The molecule has 21 heavy (non-hydrogen) atoms. The quantitative estimate of drug-likeness (QED) is 0.843. The summed E-state index contributed by atoms with van der Waals surface area (Å²) in [6.45, 7) is 6.13. The zero-order valence-electron chi connectivity index (χ0n) is 12.4. The molecule has 2 aromatic rings. The van der Waals surface area contributed by atoms with Crippen LogP contribution in [0, 0.1) is 13.8 Å². The van der Waals surface area contributed by atoms with Crippen molar-refractivity contribution in [2.45, 2.75) is 20.8 Å². The van der Waals surface area contributed by atoms with Crippen LogP contribution in [-0.2, 0) is 4.74 Å². The summed E-state index contributed by atoms with van der Waals surface area (Å²) in [5.74, 6) is 0.113. The van der Waals surface area contributed by atoms with E-state index in [0.29, 0.717) is 23.7 Å². The van der Waals surface area contributed by atoms with Crippen LogP contribution in [0.3, 0.4) is 0 Å². The molecule has 5 nitrogen and oxygen atoms in total. The normalized spacial score (nSPS) is 10.2. The van der Waals surface area contributed by atoms with Gasteiger partial charge in [0.2, 0.25) is 0 Å². The average Bonchev–Trinajstić information content (AvgIpc) is 2.46. The lowest BCUT2D eigenvalue weighted by Crippen LogP contribution is -2.09. The Morgan fingerprint density at radius 1 is 1.38 bits per heavy atom. The first kappa shape index (κ1) is 14.8. The third-order valence-corrected chi connectivity index (χ3v) is 3.30. The molecule has 0 saturated heterocycles. The smallest absolute Gasteiger partial charge is 0.340 e. The van der Waals surface area contributed by atoms with E-state index in [1.165, 1.54) is 11.8 Å². The highest BCUT2D eigenvalue weighted by molar-refractivity contribution is 5.95. The van der Waals surface area contributed by atoms with Crippen LogP contribution in [0.2, 0.25) is 0 Å². The summed E-state index contributed by atoms with van der Waals surface area (Å²) in [6.07, 6.45) is 1.46. The number of hydrogen-bond acceptors (Lipinski definition) is 5. The Morgan fingerprint density at radius 3 is 2.86 bits per heavy atom. The number of aryl methyl sites for hydroxylation is 1. The second-order valence-corrected chi connectivity index (χ2v) is 4.75. The molecule has 0 aliphatic heterocycles. The molecule has 0 spiro atoms. The van der Waals surface area contributed by atoms with Crippen molar-refractivity contribution in [3.05, 3.63) is 47.2 Å². The number of esters is 1. The van der Waals surface area contributed by atoms with E-state index < -0.39 is 5.97 Å². The van der Waals surface area contributed by atoms with E-state index in [-0.39, 0.29) is 0 Å². The van der Waals surface area contributed by atoms with Crippen molar-refractivity contribution in [3.8, 4) is 0 Å². The molecule has 0 bridgehead atoms. The van der Waals surface area contributed by atoms with Crippen molar-refractivity contribution in [2.75, 3.05) is 17.7 Å². The van der Waals surface area contributed by atoms with Crippen molar-refractivity contribution >= 4 is 23.2 Å². The van der Waals surface area contributed by atoms with Crippen LogP contribution in [0.25, 0.3) is 0 Å². The van der Waals surface area contributed by atoms with Gasteiger partial charge in [-0.15, -0.1) is 0 Å². The first-order chi connectivity index (χ1) is 10.0. The monoisotopic (exact) mass is 285 g/mol. The Balaban J connectivity index is 2.31. The molecule has 1 heterocycles. The van der Waals surface area contributed by atoms with Gasteiger partial charge in [0, 0.05) is 5.69 Å². The summed E-state index contributed by atoms with van der Waals surface area (Å²) in [5.41, 5.74) is 9.66. The molecular weight excluding hydrogens is 266 g/mol. The predicted octanol–water partition coefficient (Wildman–Crippen LogP) is 3.20. The largest absolute Gasteiger partial charge is 0.462 e. The molecule has 2 rings (SSSR count). The fraction of sp³-hybridized carbons (Fsp3) is 0.250. The maximum Gasteiger partial charge on any atom is 0.340 e. The Morgan fingerprint density at radius 2 is 2.14 bits per heavy atom. The number of carbonyl (C=O) groups is 1. The van der Waals surface area contributed by atoms with Crippen LogP contribution in [0.5, 0.6) is 0 Å². The lowest BCUT2D eigenvalue weighted by Gasteiger charge is -2.12. The maximum atomic E-state index is 11.8. The number of carbonyl (C=O) groups excluding carboxylic acids is 1. The van der Waals surface area contributed by atoms with E-state index in [1.807, 2.05) is 32.0 Å². The van der Waals surface area contributed by atoms with Crippen molar-refractivity contribution in [1.29, 1.82) is 0 Å². The van der Waals surface area contributed by atoms with Crippen molar-refractivity contribution in [3.63, 3.8) is 0 Å². The molecule has 0 radical (unpaired) electrons. The van der Waals surface area contributed by atoms with Crippen molar-refractivity contribution < 1.29 is 9.53 Å². The van der Waals surface area contributed by atoms with Gasteiger partial charge in [0.25, 0.3) is 0 Å². The first-order valence-corrected chi connectivity index (χ1v) is 6.78. The number of nitrogen functional groups attached to an aromatic ring is 1. The molecule has 0 aliphatic rings. The highest BCUT2D eigenvalue weighted by Gasteiger charge is 2.13. The number of benzene rings is 1. The Bertz CT molecular complexity index is 669. The van der Waals surface area contributed by atoms with E-state index in [4.69, 9.17) is 10.5 Å². The summed E-state index contributed by atoms with van der Waals surface area (Å²) in [4.78, 5) is 16.0. The number of hydrogen-bond donors (Lipinski definition) is 2. The molecule has 1 aromatic heterocycles. The van der Waals surface area contributed by atoms with E-state index >= 15 is 0 Å². The van der Waals surface area contributed by atoms with Crippen LogP contribution in [-0.4, -0.2) is 17.6 Å². The molecule has 5 heteroatoms. The Kier molecular flexibility index (Phi) is 4.42. The number of anilines is 3. The van der Waals surface area contributed by atoms with Gasteiger partial charge in [0.15, 0.2) is 0 Å². The Labute approximate surface area is 124 Å². The van der Waals surface area contributed by atoms with Gasteiger partial charge in [-0.3, -0.25) is 0 Å². The van der Waals surface area contributed by atoms with E-state index in [0.717, 1.165) is 11.3 Å². The predicted molar refractivity (Wildman–Crippen MR) is 83.8 cm³/mol. The zero-order valence-corrected chi connectivity index (χ0v) is 12.4. The van der Waals surface area contributed by atoms with E-state index in [2.05, 4.69) is 10.3 Å². The van der Waals surface area contributed by atoms with Crippen LogP contribution in [0.4, 0.5) is 17.2 Å². The molecule has 0 saturated carbocycles. The second kappa shape index (κ2) is 6.26. The van der Waals surface area contributed by atoms with Crippen molar-refractivity contribution in [1.82, 2.24) is 4.98 Å². The SMILES string of the molecule is CCOC(=O)c1cc(Nc2cccc(C)c2C)ncc1N. The lowest BCUT2D eigenvalue weighted by molar-refractivity contribution is 0.0527. The zero-order chi connectivity index (χ0) is 15.4. The third kappa shape index (κ3) is 3.31. The van der Waals surface area contributed by atoms with Crippen molar-refractivity contribution in [2.24, 2.45) is 0 Å². The van der Waals surface area contributed by atoms with Crippen LogP contribution in [0.1, 0.15) is 28.4 Å². The number of pyridine rings is 1. The summed E-state index contributed by atoms with van der Waals surface area (Å²) in [7, 11) is 0. The molecule has 110 valence electrons. The molecule has 0 unspecified atom stereocenters. The molecule has 0 fully saturated rings. The number of nitrogens with zero attached hydrogens (tertiary/aromatic N) is 1. The van der Waals surface area contributed by atoms with Gasteiger partial charge >= 0.3 is 5.97 Å². The molecular formula is C16H19N3O2. The number of nitrogens with two attached hydrogens (primary N) is 1. The molecule has 3 N–H and O–H groups in total. The van der Waals surface area contributed by atoms with Gasteiger partial charge in [0.1, 0.15) is 5.82 Å². The molecule has 0 aliphatic carbocycles. The standard InChI is InChI=1S/C16H19N3O2/c1-4-21-16(20)12-8-15(18-9-13(12)17)19-14-7-5-6-10(2)11(14)3/h5-9H,4,17H2,1-3H3,(H,18,19). The Hall–Kier alpha value is -2.56. The minimum absolute atomic E-state index is 0.306. The summed E-state index contributed by atoms with van der Waals surface area (Å²) in [6, 6.07) is 7.58. The minimum Gasteiger partial charge on any atom is -0.462 e. The molecule has 1 aromatic carbocycles. The summed E-state index contributed by atoms with van der Waals surface area (Å²) >= 11 is 0. The van der Waals surface area contributed by atoms with Gasteiger partial charge in [-0.1, -0.05) is 12.1 Å². The topological polar surface area (TPSA) is 77.2 Å². The van der Waals surface area contributed by atoms with Gasteiger partial charge in [-0.05, 0) is 44.0 Å². The second-order valence-electron chi connectivity index (χ2n) is 4.75. The fourth-order valence-corrected chi connectivity index (χ4v) is 1.94. The van der Waals surface area contributed by atoms with Crippen LogP contribution in [0.15, 0.2) is 30.5 Å². The molecule has 0 amide bonds.